The zero-order valence-electron chi connectivity index (χ0n) is 11.5. The standard InChI is InChI=1S/C16H15NO3S/c1-13-7-2-5-11-16(13)21(19,20)17-15-10-4-3-8-14(15)9-6-12-18/h2-5,7-8,10-11,17-18H,12H2,1H3. The van der Waals surface area contributed by atoms with E-state index in [4.69, 9.17) is 5.11 Å². The molecule has 4 nitrogen and oxygen atoms in total. The van der Waals surface area contributed by atoms with Gasteiger partial charge in [0.05, 0.1) is 10.6 Å². The molecule has 0 radical (unpaired) electrons. The third-order valence-electron chi connectivity index (χ3n) is 2.86. The molecule has 0 aromatic heterocycles. The van der Waals surface area contributed by atoms with Gasteiger partial charge in [0, 0.05) is 5.56 Å². The van der Waals surface area contributed by atoms with E-state index in [-0.39, 0.29) is 11.5 Å². The summed E-state index contributed by atoms with van der Waals surface area (Å²) in [5, 5.41) is 8.75. The molecule has 0 bridgehead atoms. The Kier molecular flexibility index (Phi) is 4.63. The van der Waals surface area contributed by atoms with Gasteiger partial charge in [-0.15, -0.1) is 0 Å². The normalized spacial score (nSPS) is 10.6. The lowest BCUT2D eigenvalue weighted by Crippen LogP contribution is -2.15. The summed E-state index contributed by atoms with van der Waals surface area (Å²) in [5.74, 6) is 5.24. The van der Waals surface area contributed by atoms with Crippen molar-refractivity contribution in [2.75, 3.05) is 11.3 Å². The van der Waals surface area contributed by atoms with E-state index in [9.17, 15) is 8.42 Å². The minimum absolute atomic E-state index is 0.231. The number of aliphatic hydroxyl groups excluding tert-OH is 1. The Labute approximate surface area is 124 Å². The summed E-state index contributed by atoms with van der Waals surface area (Å²) in [7, 11) is -3.67. The fourth-order valence-electron chi connectivity index (χ4n) is 1.87. The molecule has 0 unspecified atom stereocenters. The molecular formula is C16H15NO3S. The molecule has 2 N–H and O–H groups in total. The van der Waals surface area contributed by atoms with Crippen LogP contribution in [0.25, 0.3) is 0 Å². The smallest absolute Gasteiger partial charge is 0.262 e. The predicted octanol–water partition coefficient (Wildman–Crippen LogP) is 2.14. The first-order chi connectivity index (χ1) is 10.0. The molecule has 0 aliphatic rings. The predicted molar refractivity (Wildman–Crippen MR) is 82.4 cm³/mol. The maximum atomic E-state index is 12.4. The number of aryl methyl sites for hydroxylation is 1. The van der Waals surface area contributed by atoms with Gasteiger partial charge < -0.3 is 5.11 Å². The third kappa shape index (κ3) is 3.63. The number of anilines is 1. The van der Waals surface area contributed by atoms with Gasteiger partial charge in [-0.1, -0.05) is 42.2 Å². The van der Waals surface area contributed by atoms with Gasteiger partial charge >= 0.3 is 0 Å². The van der Waals surface area contributed by atoms with Crippen molar-refractivity contribution in [2.45, 2.75) is 11.8 Å². The molecule has 0 saturated carbocycles. The van der Waals surface area contributed by atoms with Crippen molar-refractivity contribution in [3.05, 3.63) is 59.7 Å². The van der Waals surface area contributed by atoms with Crippen LogP contribution in [0, 0.1) is 18.8 Å². The van der Waals surface area contributed by atoms with E-state index in [1.807, 2.05) is 0 Å². The van der Waals surface area contributed by atoms with Crippen LogP contribution in [0.3, 0.4) is 0 Å². The zero-order chi connectivity index (χ0) is 15.3. The van der Waals surface area contributed by atoms with E-state index in [1.54, 1.807) is 55.5 Å². The lowest BCUT2D eigenvalue weighted by atomic mass is 10.2. The number of sulfonamides is 1. The maximum Gasteiger partial charge on any atom is 0.262 e. The van der Waals surface area contributed by atoms with Crippen molar-refractivity contribution in [1.29, 1.82) is 0 Å². The van der Waals surface area contributed by atoms with E-state index in [0.717, 1.165) is 0 Å². The molecule has 21 heavy (non-hydrogen) atoms. The Balaban J connectivity index is 2.40. The van der Waals surface area contributed by atoms with Crippen LogP contribution in [-0.2, 0) is 10.0 Å². The van der Waals surface area contributed by atoms with Crippen molar-refractivity contribution >= 4 is 15.7 Å². The first kappa shape index (κ1) is 15.1. The number of benzene rings is 2. The summed E-state index contributed by atoms with van der Waals surface area (Å²) in [4.78, 5) is 0.231. The SMILES string of the molecule is Cc1ccccc1S(=O)(=O)Nc1ccccc1C#CCO. The quantitative estimate of drug-likeness (QED) is 0.854. The van der Waals surface area contributed by atoms with Crippen molar-refractivity contribution in [3.8, 4) is 11.8 Å². The number of aliphatic hydroxyl groups is 1. The van der Waals surface area contributed by atoms with Crippen LogP contribution in [-0.4, -0.2) is 20.1 Å². The molecule has 0 spiro atoms. The van der Waals surface area contributed by atoms with Crippen LogP contribution in [0.2, 0.25) is 0 Å². The number of hydrogen-bond donors (Lipinski definition) is 2. The summed E-state index contributed by atoms with van der Waals surface area (Å²) in [6.07, 6.45) is 0. The molecule has 108 valence electrons. The third-order valence-corrected chi connectivity index (χ3v) is 4.38. The summed E-state index contributed by atoms with van der Waals surface area (Å²) >= 11 is 0. The Morgan fingerprint density at radius 2 is 1.76 bits per heavy atom. The largest absolute Gasteiger partial charge is 0.384 e. The summed E-state index contributed by atoms with van der Waals surface area (Å²) in [5.41, 5.74) is 1.58. The second kappa shape index (κ2) is 6.44. The zero-order valence-corrected chi connectivity index (χ0v) is 12.3. The molecule has 0 fully saturated rings. The fourth-order valence-corrected chi connectivity index (χ4v) is 3.20. The second-order valence-corrected chi connectivity index (χ2v) is 6.03. The molecule has 0 atom stereocenters. The average molecular weight is 301 g/mol. The minimum Gasteiger partial charge on any atom is -0.384 e. The lowest BCUT2D eigenvalue weighted by Gasteiger charge is -2.11. The molecule has 0 heterocycles. The Morgan fingerprint density at radius 3 is 2.48 bits per heavy atom. The molecule has 2 aromatic rings. The highest BCUT2D eigenvalue weighted by molar-refractivity contribution is 7.92. The van der Waals surface area contributed by atoms with Crippen LogP contribution >= 0.6 is 0 Å². The van der Waals surface area contributed by atoms with Crippen molar-refractivity contribution in [2.24, 2.45) is 0 Å². The Morgan fingerprint density at radius 1 is 1.10 bits per heavy atom. The van der Waals surface area contributed by atoms with E-state index in [0.29, 0.717) is 16.8 Å². The van der Waals surface area contributed by atoms with Gasteiger partial charge in [-0.3, -0.25) is 4.72 Å². The van der Waals surface area contributed by atoms with Crippen molar-refractivity contribution in [3.63, 3.8) is 0 Å². The van der Waals surface area contributed by atoms with Gasteiger partial charge in [-0.25, -0.2) is 8.42 Å². The van der Waals surface area contributed by atoms with Gasteiger partial charge in [0.25, 0.3) is 10.0 Å². The highest BCUT2D eigenvalue weighted by Gasteiger charge is 2.17. The van der Waals surface area contributed by atoms with Crippen molar-refractivity contribution in [1.82, 2.24) is 0 Å². The van der Waals surface area contributed by atoms with Gasteiger partial charge in [0.1, 0.15) is 6.61 Å². The number of para-hydroxylation sites is 1. The monoisotopic (exact) mass is 301 g/mol. The summed E-state index contributed by atoms with van der Waals surface area (Å²) in [6.45, 7) is 1.46. The molecule has 0 saturated heterocycles. The van der Waals surface area contributed by atoms with Gasteiger partial charge in [-0.05, 0) is 30.7 Å². The summed E-state index contributed by atoms with van der Waals surface area (Å²) < 4.78 is 27.4. The second-order valence-electron chi connectivity index (χ2n) is 4.38. The minimum atomic E-state index is -3.67. The number of rotatable bonds is 3. The molecule has 2 aromatic carbocycles. The molecule has 2 rings (SSSR count). The summed E-state index contributed by atoms with van der Waals surface area (Å²) in [6, 6.07) is 13.6. The van der Waals surface area contributed by atoms with Gasteiger partial charge in [0.15, 0.2) is 0 Å². The van der Waals surface area contributed by atoms with Crippen LogP contribution < -0.4 is 4.72 Å². The van der Waals surface area contributed by atoms with Crippen LogP contribution in [0.4, 0.5) is 5.69 Å². The number of nitrogens with one attached hydrogen (secondary N) is 1. The van der Waals surface area contributed by atoms with E-state index in [1.165, 1.54) is 0 Å². The van der Waals surface area contributed by atoms with Crippen molar-refractivity contribution < 1.29 is 13.5 Å². The van der Waals surface area contributed by atoms with Gasteiger partial charge in [0.2, 0.25) is 0 Å². The van der Waals surface area contributed by atoms with Crippen LogP contribution in [0.5, 0.6) is 0 Å². The van der Waals surface area contributed by atoms with E-state index >= 15 is 0 Å². The lowest BCUT2D eigenvalue weighted by molar-refractivity contribution is 0.350. The highest BCUT2D eigenvalue weighted by atomic mass is 32.2. The molecule has 5 heteroatoms. The van der Waals surface area contributed by atoms with E-state index < -0.39 is 10.0 Å². The maximum absolute atomic E-state index is 12.4. The van der Waals surface area contributed by atoms with E-state index in [2.05, 4.69) is 16.6 Å². The average Bonchev–Trinajstić information content (AvgIpc) is 2.46. The highest BCUT2D eigenvalue weighted by Crippen LogP contribution is 2.21. The van der Waals surface area contributed by atoms with Gasteiger partial charge in [-0.2, -0.15) is 0 Å². The first-order valence-corrected chi connectivity index (χ1v) is 7.80. The first-order valence-electron chi connectivity index (χ1n) is 6.32. The molecule has 0 aliphatic heterocycles. The number of hydrogen-bond acceptors (Lipinski definition) is 3. The topological polar surface area (TPSA) is 66.4 Å². The van der Waals surface area contributed by atoms with Crippen LogP contribution in [0.15, 0.2) is 53.4 Å². The molecular weight excluding hydrogens is 286 g/mol. The molecule has 0 amide bonds. The van der Waals surface area contributed by atoms with Crippen LogP contribution in [0.1, 0.15) is 11.1 Å². The molecule has 0 aliphatic carbocycles. The fraction of sp³-hybridized carbons (Fsp3) is 0.125. The Bertz CT molecular complexity index is 802. The Hall–Kier alpha value is -2.29.